The molecule has 0 aliphatic carbocycles. The van der Waals surface area contributed by atoms with E-state index in [1.54, 1.807) is 0 Å². The van der Waals surface area contributed by atoms with Crippen molar-refractivity contribution in [2.75, 3.05) is 0 Å². The number of rotatable bonds is 3. The van der Waals surface area contributed by atoms with Crippen molar-refractivity contribution in [1.29, 1.82) is 0 Å². The zero-order chi connectivity index (χ0) is 19.2. The Morgan fingerprint density at radius 2 is 1.33 bits per heavy atom. The van der Waals surface area contributed by atoms with Crippen LogP contribution in [-0.2, 0) is 10.4 Å². The molecule has 4 rings (SSSR count). The SMILES string of the molecule is O=S(=O)(O)Oc1c(Br)c(Br)c2ccccc2c1-c1cccc2ccccc12. The van der Waals surface area contributed by atoms with Gasteiger partial charge in [0.15, 0.2) is 5.75 Å². The topological polar surface area (TPSA) is 63.6 Å². The molecular weight excluding hydrogens is 496 g/mol. The average Bonchev–Trinajstić information content (AvgIpc) is 2.65. The van der Waals surface area contributed by atoms with Crippen molar-refractivity contribution in [1.82, 2.24) is 0 Å². The maximum atomic E-state index is 11.5. The highest BCUT2D eigenvalue weighted by molar-refractivity contribution is 9.13. The normalized spacial score (nSPS) is 11.8. The second kappa shape index (κ2) is 6.91. The Balaban J connectivity index is 2.21. The van der Waals surface area contributed by atoms with Crippen LogP contribution in [0.1, 0.15) is 0 Å². The molecule has 0 spiro atoms. The number of hydrogen-bond acceptors (Lipinski definition) is 3. The lowest BCUT2D eigenvalue weighted by Gasteiger charge is -2.18. The molecule has 4 nitrogen and oxygen atoms in total. The van der Waals surface area contributed by atoms with Crippen LogP contribution in [0.3, 0.4) is 0 Å². The highest BCUT2D eigenvalue weighted by Gasteiger charge is 2.24. The molecule has 0 unspecified atom stereocenters. The van der Waals surface area contributed by atoms with Gasteiger partial charge in [-0.25, -0.2) is 0 Å². The summed E-state index contributed by atoms with van der Waals surface area (Å²) in [6.45, 7) is 0. The van der Waals surface area contributed by atoms with Crippen LogP contribution in [0.25, 0.3) is 32.7 Å². The van der Waals surface area contributed by atoms with Crippen LogP contribution in [0, 0.1) is 0 Å². The molecule has 4 aromatic rings. The lowest BCUT2D eigenvalue weighted by molar-refractivity contribution is 0.386. The molecular formula is C20H12Br2O4S. The monoisotopic (exact) mass is 506 g/mol. The maximum absolute atomic E-state index is 11.5. The third kappa shape index (κ3) is 3.36. The van der Waals surface area contributed by atoms with E-state index >= 15 is 0 Å². The van der Waals surface area contributed by atoms with Crippen LogP contribution < -0.4 is 4.18 Å². The third-order valence-corrected chi connectivity index (χ3v) is 6.79. The Hall–Kier alpha value is -1.93. The Kier molecular flexibility index (Phi) is 4.71. The molecule has 0 aliphatic rings. The molecule has 0 heterocycles. The first-order valence-corrected chi connectivity index (χ1v) is 10.9. The van der Waals surface area contributed by atoms with Crippen molar-refractivity contribution in [3.8, 4) is 16.9 Å². The summed E-state index contributed by atoms with van der Waals surface area (Å²) in [6, 6.07) is 21.2. The standard InChI is InChI=1S/C20H12Br2O4S/c21-18-16-10-4-3-9-15(16)17(20(19(18)22)26-27(23,24)25)14-11-5-7-12-6-1-2-8-13(12)14/h1-11H,(H,23,24,25). The van der Waals surface area contributed by atoms with E-state index in [1.807, 2.05) is 66.7 Å². The van der Waals surface area contributed by atoms with E-state index in [0.29, 0.717) is 14.5 Å². The molecule has 1 N–H and O–H groups in total. The van der Waals surface area contributed by atoms with E-state index in [2.05, 4.69) is 31.9 Å². The largest absolute Gasteiger partial charge is 0.446 e. The molecule has 0 amide bonds. The highest BCUT2D eigenvalue weighted by Crippen LogP contribution is 2.49. The minimum Gasteiger partial charge on any atom is -0.360 e. The molecule has 0 aromatic heterocycles. The van der Waals surface area contributed by atoms with Crippen molar-refractivity contribution in [2.45, 2.75) is 0 Å². The van der Waals surface area contributed by atoms with Crippen molar-refractivity contribution in [2.24, 2.45) is 0 Å². The minimum absolute atomic E-state index is 0.0272. The van der Waals surface area contributed by atoms with Crippen molar-refractivity contribution in [3.63, 3.8) is 0 Å². The van der Waals surface area contributed by atoms with Crippen LogP contribution in [-0.4, -0.2) is 13.0 Å². The summed E-state index contributed by atoms with van der Waals surface area (Å²) in [5.74, 6) is 0.0272. The molecule has 0 fully saturated rings. The van der Waals surface area contributed by atoms with E-state index in [-0.39, 0.29) is 5.75 Å². The molecule has 4 aromatic carbocycles. The van der Waals surface area contributed by atoms with Crippen LogP contribution in [0.4, 0.5) is 0 Å². The van der Waals surface area contributed by atoms with E-state index < -0.39 is 10.4 Å². The van der Waals surface area contributed by atoms with Gasteiger partial charge in [0, 0.05) is 10.0 Å². The zero-order valence-corrected chi connectivity index (χ0v) is 17.7. The molecule has 7 heteroatoms. The quantitative estimate of drug-likeness (QED) is 0.327. The minimum atomic E-state index is -4.72. The molecule has 27 heavy (non-hydrogen) atoms. The van der Waals surface area contributed by atoms with Gasteiger partial charge in [-0.15, -0.1) is 0 Å². The van der Waals surface area contributed by atoms with Crippen LogP contribution in [0.2, 0.25) is 0 Å². The molecule has 0 bridgehead atoms. The number of hydrogen-bond donors (Lipinski definition) is 1. The van der Waals surface area contributed by atoms with Crippen molar-refractivity contribution in [3.05, 3.63) is 75.7 Å². The van der Waals surface area contributed by atoms with Gasteiger partial charge in [0.25, 0.3) is 0 Å². The Labute approximate surface area is 173 Å². The van der Waals surface area contributed by atoms with Crippen molar-refractivity contribution < 1.29 is 17.2 Å². The fourth-order valence-electron chi connectivity index (χ4n) is 3.24. The first kappa shape index (κ1) is 18.4. The summed E-state index contributed by atoms with van der Waals surface area (Å²) in [6.07, 6.45) is 0. The van der Waals surface area contributed by atoms with Gasteiger partial charge >= 0.3 is 10.4 Å². The fourth-order valence-corrected chi connectivity index (χ4v) is 4.74. The highest BCUT2D eigenvalue weighted by atomic mass is 79.9. The Morgan fingerprint density at radius 3 is 2.04 bits per heavy atom. The number of benzene rings is 4. The molecule has 136 valence electrons. The van der Waals surface area contributed by atoms with E-state index in [9.17, 15) is 13.0 Å². The second-order valence-electron chi connectivity index (χ2n) is 5.92. The van der Waals surface area contributed by atoms with Gasteiger partial charge in [-0.3, -0.25) is 4.55 Å². The molecule has 0 radical (unpaired) electrons. The zero-order valence-electron chi connectivity index (χ0n) is 13.7. The fraction of sp³-hybridized carbons (Fsp3) is 0. The summed E-state index contributed by atoms with van der Waals surface area (Å²) >= 11 is 6.91. The third-order valence-electron chi connectivity index (χ3n) is 4.30. The first-order chi connectivity index (χ1) is 12.9. The maximum Gasteiger partial charge on any atom is 0.446 e. The lowest BCUT2D eigenvalue weighted by atomic mass is 9.93. The second-order valence-corrected chi connectivity index (χ2v) is 8.52. The lowest BCUT2D eigenvalue weighted by Crippen LogP contribution is -2.08. The van der Waals surface area contributed by atoms with Gasteiger partial charge in [-0.2, -0.15) is 8.42 Å². The summed E-state index contributed by atoms with van der Waals surface area (Å²) in [5.41, 5.74) is 1.38. The van der Waals surface area contributed by atoms with E-state index in [1.165, 1.54) is 0 Å². The smallest absolute Gasteiger partial charge is 0.360 e. The van der Waals surface area contributed by atoms with Gasteiger partial charge in [0.05, 0.1) is 4.47 Å². The predicted molar refractivity (Wildman–Crippen MR) is 114 cm³/mol. The summed E-state index contributed by atoms with van der Waals surface area (Å²) in [4.78, 5) is 0. The average molecular weight is 508 g/mol. The van der Waals surface area contributed by atoms with Crippen LogP contribution >= 0.6 is 31.9 Å². The molecule has 0 saturated heterocycles. The number of halogens is 2. The van der Waals surface area contributed by atoms with Gasteiger partial charge < -0.3 is 4.18 Å². The van der Waals surface area contributed by atoms with Gasteiger partial charge in [0.2, 0.25) is 0 Å². The Morgan fingerprint density at radius 1 is 0.741 bits per heavy atom. The molecule has 0 aliphatic heterocycles. The van der Waals surface area contributed by atoms with Gasteiger partial charge in [-0.1, -0.05) is 66.7 Å². The number of fused-ring (bicyclic) bond motifs is 2. The first-order valence-electron chi connectivity index (χ1n) is 7.91. The molecule has 0 atom stereocenters. The molecule has 0 saturated carbocycles. The Bertz CT molecular complexity index is 1300. The van der Waals surface area contributed by atoms with Crippen LogP contribution in [0.5, 0.6) is 5.75 Å². The summed E-state index contributed by atoms with van der Waals surface area (Å²) in [5, 5.41) is 3.63. The van der Waals surface area contributed by atoms with Crippen molar-refractivity contribution >= 4 is 63.8 Å². The summed E-state index contributed by atoms with van der Waals surface area (Å²) in [7, 11) is -4.72. The van der Waals surface area contributed by atoms with Gasteiger partial charge in [0.1, 0.15) is 0 Å². The predicted octanol–water partition coefficient (Wildman–Crippen LogP) is 6.37. The van der Waals surface area contributed by atoms with Gasteiger partial charge in [-0.05, 0) is 59.0 Å². The summed E-state index contributed by atoms with van der Waals surface area (Å²) < 4.78 is 38.5. The van der Waals surface area contributed by atoms with E-state index in [4.69, 9.17) is 4.18 Å². The van der Waals surface area contributed by atoms with E-state index in [0.717, 1.165) is 27.1 Å². The van der Waals surface area contributed by atoms with Crippen LogP contribution in [0.15, 0.2) is 75.7 Å².